The van der Waals surface area contributed by atoms with Crippen molar-refractivity contribution >= 4 is 22.4 Å². The van der Waals surface area contributed by atoms with E-state index in [1.165, 1.54) is 5.56 Å². The van der Waals surface area contributed by atoms with Crippen LogP contribution in [0.2, 0.25) is 0 Å². The Morgan fingerprint density at radius 3 is 2.77 bits per heavy atom. The van der Waals surface area contributed by atoms with Gasteiger partial charge in [-0.15, -0.1) is 0 Å². The van der Waals surface area contributed by atoms with Crippen molar-refractivity contribution in [1.82, 2.24) is 4.98 Å². The molecule has 3 nitrogen and oxygen atoms in total. The molecule has 1 amide bonds. The topological polar surface area (TPSA) is 42.0 Å². The molecular formula is C19H16N2O. The Morgan fingerprint density at radius 1 is 1.05 bits per heavy atom. The van der Waals surface area contributed by atoms with Gasteiger partial charge in [0.2, 0.25) is 5.91 Å². The number of nitrogens with zero attached hydrogens (tertiary/aromatic N) is 1. The number of carbonyl (C=O) groups is 1. The van der Waals surface area contributed by atoms with Crippen LogP contribution in [0.15, 0.2) is 67.0 Å². The molecule has 1 aromatic heterocycles. The van der Waals surface area contributed by atoms with Crippen molar-refractivity contribution in [2.45, 2.75) is 12.3 Å². The predicted octanol–water partition coefficient (Wildman–Crippen LogP) is 3.98. The van der Waals surface area contributed by atoms with Crippen molar-refractivity contribution in [3.8, 4) is 0 Å². The van der Waals surface area contributed by atoms with Gasteiger partial charge in [-0.1, -0.05) is 42.5 Å². The van der Waals surface area contributed by atoms with Gasteiger partial charge in [0, 0.05) is 34.8 Å². The van der Waals surface area contributed by atoms with E-state index in [2.05, 4.69) is 22.4 Å². The van der Waals surface area contributed by atoms with Crippen LogP contribution in [-0.4, -0.2) is 10.9 Å². The number of aromatic nitrogens is 1. The molecule has 22 heavy (non-hydrogen) atoms. The van der Waals surface area contributed by atoms with E-state index in [9.17, 15) is 4.79 Å². The van der Waals surface area contributed by atoms with Gasteiger partial charge in [-0.05, 0) is 30.0 Å². The molecule has 0 spiro atoms. The molecule has 1 heterocycles. The minimum atomic E-state index is 0.0829. The van der Waals surface area contributed by atoms with Gasteiger partial charge in [-0.3, -0.25) is 9.78 Å². The summed E-state index contributed by atoms with van der Waals surface area (Å²) in [6, 6.07) is 18.1. The van der Waals surface area contributed by atoms with E-state index < -0.39 is 0 Å². The third-order valence-corrected chi connectivity index (χ3v) is 4.29. The first kappa shape index (κ1) is 13.0. The van der Waals surface area contributed by atoms with Crippen LogP contribution in [0.4, 0.5) is 5.69 Å². The molecular weight excluding hydrogens is 272 g/mol. The van der Waals surface area contributed by atoms with E-state index in [-0.39, 0.29) is 11.8 Å². The monoisotopic (exact) mass is 288 g/mol. The van der Waals surface area contributed by atoms with Crippen LogP contribution in [0.5, 0.6) is 0 Å². The zero-order chi connectivity index (χ0) is 14.9. The van der Waals surface area contributed by atoms with Crippen LogP contribution in [0.1, 0.15) is 17.9 Å². The Kier molecular flexibility index (Phi) is 3.11. The van der Waals surface area contributed by atoms with Crippen LogP contribution in [0, 0.1) is 5.92 Å². The standard InChI is InChI=1S/C19H16N2O/c22-19(17-11-16(17)13-5-2-1-3-6-13)21-18-8-4-7-14-12-20-10-9-15(14)18/h1-10,12,16-17H,11H2,(H,21,22)/t16-,17-/m1/s1. The largest absolute Gasteiger partial charge is 0.325 e. The quantitative estimate of drug-likeness (QED) is 0.792. The first-order chi connectivity index (χ1) is 10.8. The Balaban J connectivity index is 1.53. The highest BCUT2D eigenvalue weighted by molar-refractivity contribution is 6.03. The van der Waals surface area contributed by atoms with Gasteiger partial charge in [-0.25, -0.2) is 0 Å². The highest BCUT2D eigenvalue weighted by atomic mass is 16.2. The summed E-state index contributed by atoms with van der Waals surface area (Å²) in [4.78, 5) is 16.6. The normalized spacial score (nSPS) is 19.8. The van der Waals surface area contributed by atoms with E-state index in [0.717, 1.165) is 22.9 Å². The van der Waals surface area contributed by atoms with E-state index in [4.69, 9.17) is 0 Å². The SMILES string of the molecule is O=C(Nc1cccc2cnccc12)[C@@H]1C[C@@H]1c1ccccc1. The Hall–Kier alpha value is -2.68. The summed E-state index contributed by atoms with van der Waals surface area (Å²) < 4.78 is 0. The van der Waals surface area contributed by atoms with Crippen molar-refractivity contribution in [3.05, 3.63) is 72.6 Å². The molecule has 4 rings (SSSR count). The van der Waals surface area contributed by atoms with E-state index >= 15 is 0 Å². The molecule has 1 aliphatic carbocycles. The lowest BCUT2D eigenvalue weighted by molar-refractivity contribution is -0.117. The Morgan fingerprint density at radius 2 is 1.91 bits per heavy atom. The lowest BCUT2D eigenvalue weighted by Gasteiger charge is -2.08. The van der Waals surface area contributed by atoms with Gasteiger partial charge < -0.3 is 5.32 Å². The fraction of sp³-hybridized carbons (Fsp3) is 0.158. The molecule has 3 heteroatoms. The predicted molar refractivity (Wildman–Crippen MR) is 87.7 cm³/mol. The smallest absolute Gasteiger partial charge is 0.228 e. The second-order valence-corrected chi connectivity index (χ2v) is 5.75. The number of carbonyl (C=O) groups excluding carboxylic acids is 1. The van der Waals surface area contributed by atoms with Gasteiger partial charge in [0.25, 0.3) is 0 Å². The second kappa shape index (κ2) is 5.26. The second-order valence-electron chi connectivity index (χ2n) is 5.75. The molecule has 1 saturated carbocycles. The van der Waals surface area contributed by atoms with Crippen LogP contribution < -0.4 is 5.32 Å². The molecule has 0 saturated heterocycles. The number of benzene rings is 2. The van der Waals surface area contributed by atoms with Crippen molar-refractivity contribution in [2.75, 3.05) is 5.32 Å². The Labute approximate surface area is 129 Å². The molecule has 3 aromatic rings. The summed E-state index contributed by atoms with van der Waals surface area (Å²) in [7, 11) is 0. The number of anilines is 1. The van der Waals surface area contributed by atoms with Gasteiger partial charge in [0.15, 0.2) is 0 Å². The summed E-state index contributed by atoms with van der Waals surface area (Å²) >= 11 is 0. The number of amides is 1. The maximum Gasteiger partial charge on any atom is 0.228 e. The van der Waals surface area contributed by atoms with Crippen LogP contribution >= 0.6 is 0 Å². The first-order valence-electron chi connectivity index (χ1n) is 7.51. The lowest BCUT2D eigenvalue weighted by atomic mass is 10.1. The maximum absolute atomic E-state index is 12.5. The minimum absolute atomic E-state index is 0.0829. The molecule has 1 fully saturated rings. The summed E-state index contributed by atoms with van der Waals surface area (Å²) in [5, 5.41) is 5.15. The summed E-state index contributed by atoms with van der Waals surface area (Å²) in [5.74, 6) is 0.551. The van der Waals surface area contributed by atoms with Crippen molar-refractivity contribution in [3.63, 3.8) is 0 Å². The Bertz CT molecular complexity index is 824. The van der Waals surface area contributed by atoms with Gasteiger partial charge in [0.05, 0.1) is 0 Å². The van der Waals surface area contributed by atoms with Crippen LogP contribution in [0.3, 0.4) is 0 Å². The molecule has 0 radical (unpaired) electrons. The molecule has 1 aliphatic rings. The average molecular weight is 288 g/mol. The van der Waals surface area contributed by atoms with E-state index in [1.807, 2.05) is 48.7 Å². The number of hydrogen-bond acceptors (Lipinski definition) is 2. The van der Waals surface area contributed by atoms with E-state index in [1.54, 1.807) is 6.20 Å². The summed E-state index contributed by atoms with van der Waals surface area (Å²) in [5.41, 5.74) is 2.12. The van der Waals surface area contributed by atoms with Crippen molar-refractivity contribution < 1.29 is 4.79 Å². The molecule has 0 aliphatic heterocycles. The van der Waals surface area contributed by atoms with Crippen molar-refractivity contribution in [2.24, 2.45) is 5.92 Å². The van der Waals surface area contributed by atoms with Crippen molar-refractivity contribution in [1.29, 1.82) is 0 Å². The summed E-state index contributed by atoms with van der Waals surface area (Å²) in [6.45, 7) is 0. The molecule has 0 bridgehead atoms. The number of rotatable bonds is 3. The highest BCUT2D eigenvalue weighted by Crippen LogP contribution is 2.48. The highest BCUT2D eigenvalue weighted by Gasteiger charge is 2.43. The molecule has 108 valence electrons. The average Bonchev–Trinajstić information content (AvgIpc) is 3.37. The third-order valence-electron chi connectivity index (χ3n) is 4.29. The van der Waals surface area contributed by atoms with Gasteiger partial charge in [0.1, 0.15) is 0 Å². The number of pyridine rings is 1. The van der Waals surface area contributed by atoms with E-state index in [0.29, 0.717) is 5.92 Å². The lowest BCUT2D eigenvalue weighted by Crippen LogP contribution is -2.14. The molecule has 1 N–H and O–H groups in total. The molecule has 2 atom stereocenters. The summed E-state index contributed by atoms with van der Waals surface area (Å²) in [6.07, 6.45) is 4.50. The minimum Gasteiger partial charge on any atom is -0.325 e. The molecule has 0 unspecified atom stereocenters. The number of nitrogens with one attached hydrogen (secondary N) is 1. The first-order valence-corrected chi connectivity index (χ1v) is 7.51. The molecule has 2 aromatic carbocycles. The fourth-order valence-corrected chi connectivity index (χ4v) is 3.01. The van der Waals surface area contributed by atoms with Crippen LogP contribution in [0.25, 0.3) is 10.8 Å². The zero-order valence-corrected chi connectivity index (χ0v) is 12.1. The van der Waals surface area contributed by atoms with Crippen LogP contribution in [-0.2, 0) is 4.79 Å². The zero-order valence-electron chi connectivity index (χ0n) is 12.1. The fourth-order valence-electron chi connectivity index (χ4n) is 3.01. The maximum atomic E-state index is 12.5. The third kappa shape index (κ3) is 2.35. The van der Waals surface area contributed by atoms with Gasteiger partial charge >= 0.3 is 0 Å². The van der Waals surface area contributed by atoms with Gasteiger partial charge in [-0.2, -0.15) is 0 Å². The number of hydrogen-bond donors (Lipinski definition) is 1. The number of fused-ring (bicyclic) bond motifs is 1.